The standard InChI is InChI=1S/C22H27N3O3.ClH/c1-4-14(2)17-7-5-6-8-20(17)25-13-15(11-21(25)26)22(27)24-19-12-16(28-3)9-10-18(19)23;/h5-10,12,14-15H,4,11,13,23H2,1-3H3,(H,24,27);1H. The Bertz CT molecular complexity index is 887. The Kier molecular flexibility index (Phi) is 7.51. The molecule has 1 saturated heterocycles. The van der Waals surface area contributed by atoms with Crippen molar-refractivity contribution in [3.63, 3.8) is 0 Å². The summed E-state index contributed by atoms with van der Waals surface area (Å²) in [6.45, 7) is 4.64. The van der Waals surface area contributed by atoms with Crippen molar-refractivity contribution in [2.24, 2.45) is 5.92 Å². The van der Waals surface area contributed by atoms with Gasteiger partial charge in [-0.3, -0.25) is 9.59 Å². The molecular formula is C22H28ClN3O3. The van der Waals surface area contributed by atoms with Gasteiger partial charge in [0.2, 0.25) is 11.8 Å². The van der Waals surface area contributed by atoms with Crippen molar-refractivity contribution in [3.8, 4) is 5.75 Å². The number of nitrogens with zero attached hydrogens (tertiary/aromatic N) is 1. The highest BCUT2D eigenvalue weighted by atomic mass is 35.5. The molecule has 2 aromatic rings. The number of nitrogen functional groups attached to an aromatic ring is 1. The number of carbonyl (C=O) groups excluding carboxylic acids is 2. The van der Waals surface area contributed by atoms with Gasteiger partial charge < -0.3 is 20.7 Å². The third-order valence-electron chi connectivity index (χ3n) is 5.38. The number of nitrogens with one attached hydrogen (secondary N) is 1. The van der Waals surface area contributed by atoms with Gasteiger partial charge in [-0.05, 0) is 36.1 Å². The quantitative estimate of drug-likeness (QED) is 0.689. The van der Waals surface area contributed by atoms with Crippen LogP contribution in [0.15, 0.2) is 42.5 Å². The predicted octanol–water partition coefficient (Wildman–Crippen LogP) is 4.20. The maximum absolute atomic E-state index is 12.8. The van der Waals surface area contributed by atoms with Crippen LogP contribution in [0.25, 0.3) is 0 Å². The first-order valence-corrected chi connectivity index (χ1v) is 9.58. The van der Waals surface area contributed by atoms with Crippen molar-refractivity contribution in [2.45, 2.75) is 32.6 Å². The molecule has 1 fully saturated rings. The lowest BCUT2D eigenvalue weighted by molar-refractivity contribution is -0.122. The van der Waals surface area contributed by atoms with Crippen LogP contribution in [-0.4, -0.2) is 25.5 Å². The lowest BCUT2D eigenvalue weighted by atomic mass is 9.96. The highest BCUT2D eigenvalue weighted by Gasteiger charge is 2.36. The van der Waals surface area contributed by atoms with Crippen LogP contribution in [0.1, 0.15) is 38.2 Å². The van der Waals surface area contributed by atoms with Crippen molar-refractivity contribution in [1.29, 1.82) is 0 Å². The van der Waals surface area contributed by atoms with E-state index in [1.165, 1.54) is 0 Å². The molecule has 156 valence electrons. The highest BCUT2D eigenvalue weighted by Crippen LogP contribution is 2.34. The summed E-state index contributed by atoms with van der Waals surface area (Å²) in [5.41, 5.74) is 8.95. The third kappa shape index (κ3) is 4.82. The van der Waals surface area contributed by atoms with Gasteiger partial charge >= 0.3 is 0 Å². The van der Waals surface area contributed by atoms with Crippen LogP contribution in [-0.2, 0) is 9.59 Å². The molecule has 2 unspecified atom stereocenters. The van der Waals surface area contributed by atoms with Crippen molar-refractivity contribution < 1.29 is 14.3 Å². The van der Waals surface area contributed by atoms with Crippen LogP contribution in [0.2, 0.25) is 0 Å². The van der Waals surface area contributed by atoms with Gasteiger partial charge in [-0.25, -0.2) is 0 Å². The Morgan fingerprint density at radius 1 is 1.31 bits per heavy atom. The zero-order chi connectivity index (χ0) is 20.3. The van der Waals surface area contributed by atoms with E-state index >= 15 is 0 Å². The van der Waals surface area contributed by atoms with Crippen molar-refractivity contribution in [2.75, 3.05) is 29.6 Å². The lowest BCUT2D eigenvalue weighted by Gasteiger charge is -2.23. The molecule has 0 saturated carbocycles. The zero-order valence-corrected chi connectivity index (χ0v) is 17.8. The monoisotopic (exact) mass is 417 g/mol. The smallest absolute Gasteiger partial charge is 0.229 e. The van der Waals surface area contributed by atoms with E-state index in [0.717, 1.165) is 17.7 Å². The molecule has 0 aromatic heterocycles. The Labute approximate surface area is 177 Å². The molecule has 0 spiro atoms. The summed E-state index contributed by atoms with van der Waals surface area (Å²) < 4.78 is 5.19. The molecule has 1 aliphatic rings. The van der Waals surface area contributed by atoms with Gasteiger partial charge in [0.05, 0.1) is 24.4 Å². The normalized spacial score (nSPS) is 16.9. The van der Waals surface area contributed by atoms with E-state index < -0.39 is 5.92 Å². The predicted molar refractivity (Wildman–Crippen MR) is 119 cm³/mol. The summed E-state index contributed by atoms with van der Waals surface area (Å²) in [6, 6.07) is 13.0. The van der Waals surface area contributed by atoms with E-state index in [4.69, 9.17) is 10.5 Å². The maximum atomic E-state index is 12.8. The van der Waals surface area contributed by atoms with Gasteiger partial charge in [0.15, 0.2) is 0 Å². The molecule has 2 atom stereocenters. The number of amides is 2. The second kappa shape index (κ2) is 9.65. The largest absolute Gasteiger partial charge is 0.497 e. The topological polar surface area (TPSA) is 84.7 Å². The number of para-hydroxylation sites is 1. The molecule has 0 bridgehead atoms. The van der Waals surface area contributed by atoms with Crippen LogP contribution in [0, 0.1) is 5.92 Å². The Morgan fingerprint density at radius 2 is 2.03 bits per heavy atom. The van der Waals surface area contributed by atoms with Crippen LogP contribution < -0.4 is 20.7 Å². The molecule has 2 aromatic carbocycles. The number of benzene rings is 2. The fraction of sp³-hybridized carbons (Fsp3) is 0.364. The van der Waals surface area contributed by atoms with Crippen molar-refractivity contribution in [3.05, 3.63) is 48.0 Å². The summed E-state index contributed by atoms with van der Waals surface area (Å²) in [7, 11) is 1.55. The minimum atomic E-state index is -0.428. The zero-order valence-electron chi connectivity index (χ0n) is 17.0. The van der Waals surface area contributed by atoms with E-state index in [9.17, 15) is 9.59 Å². The van der Waals surface area contributed by atoms with Gasteiger partial charge in [-0.1, -0.05) is 32.0 Å². The minimum Gasteiger partial charge on any atom is -0.497 e. The second-order valence-corrected chi connectivity index (χ2v) is 7.22. The summed E-state index contributed by atoms with van der Waals surface area (Å²) >= 11 is 0. The van der Waals surface area contributed by atoms with Gasteiger partial charge in [0.1, 0.15) is 5.75 Å². The Hall–Kier alpha value is -2.73. The molecule has 3 rings (SSSR count). The molecule has 29 heavy (non-hydrogen) atoms. The number of carbonyl (C=O) groups is 2. The molecule has 2 amide bonds. The van der Waals surface area contributed by atoms with E-state index in [0.29, 0.717) is 29.6 Å². The van der Waals surface area contributed by atoms with Crippen molar-refractivity contribution >= 4 is 41.3 Å². The molecule has 1 heterocycles. The van der Waals surface area contributed by atoms with Crippen LogP contribution >= 0.6 is 12.4 Å². The first kappa shape index (κ1) is 22.6. The van der Waals surface area contributed by atoms with E-state index in [1.807, 2.05) is 18.2 Å². The van der Waals surface area contributed by atoms with Crippen LogP contribution in [0.4, 0.5) is 17.1 Å². The number of rotatable bonds is 6. The Balaban J connectivity index is 0.00000300. The summed E-state index contributed by atoms with van der Waals surface area (Å²) in [4.78, 5) is 27.2. The average molecular weight is 418 g/mol. The first-order valence-electron chi connectivity index (χ1n) is 9.58. The van der Waals surface area contributed by atoms with Gasteiger partial charge in [-0.2, -0.15) is 0 Å². The Morgan fingerprint density at radius 3 is 2.72 bits per heavy atom. The van der Waals surface area contributed by atoms with E-state index in [-0.39, 0.29) is 30.6 Å². The second-order valence-electron chi connectivity index (χ2n) is 7.22. The summed E-state index contributed by atoms with van der Waals surface area (Å²) in [6.07, 6.45) is 1.17. The number of hydrogen-bond donors (Lipinski definition) is 2. The first-order chi connectivity index (χ1) is 13.4. The summed E-state index contributed by atoms with van der Waals surface area (Å²) in [5.74, 6) is 0.277. The number of anilines is 3. The summed E-state index contributed by atoms with van der Waals surface area (Å²) in [5, 5.41) is 2.85. The third-order valence-corrected chi connectivity index (χ3v) is 5.38. The van der Waals surface area contributed by atoms with Crippen molar-refractivity contribution in [1.82, 2.24) is 0 Å². The molecule has 0 radical (unpaired) electrons. The van der Waals surface area contributed by atoms with Gasteiger partial charge in [-0.15, -0.1) is 12.4 Å². The fourth-order valence-corrected chi connectivity index (χ4v) is 3.49. The van der Waals surface area contributed by atoms with Crippen LogP contribution in [0.5, 0.6) is 5.75 Å². The molecule has 3 N–H and O–H groups in total. The fourth-order valence-electron chi connectivity index (χ4n) is 3.49. The lowest BCUT2D eigenvalue weighted by Crippen LogP contribution is -2.29. The van der Waals surface area contributed by atoms with E-state index in [1.54, 1.807) is 30.2 Å². The number of nitrogens with two attached hydrogens (primary N) is 1. The molecule has 6 nitrogen and oxygen atoms in total. The SMILES string of the molecule is CCC(C)c1ccccc1N1CC(C(=O)Nc2cc(OC)ccc2N)CC1=O.Cl. The number of methoxy groups -OCH3 is 1. The van der Waals surface area contributed by atoms with E-state index in [2.05, 4.69) is 25.2 Å². The number of hydrogen-bond acceptors (Lipinski definition) is 4. The molecular weight excluding hydrogens is 390 g/mol. The highest BCUT2D eigenvalue weighted by molar-refractivity contribution is 6.04. The molecule has 7 heteroatoms. The molecule has 1 aliphatic heterocycles. The number of ether oxygens (including phenoxy) is 1. The maximum Gasteiger partial charge on any atom is 0.229 e. The van der Waals surface area contributed by atoms with Crippen LogP contribution in [0.3, 0.4) is 0 Å². The molecule has 0 aliphatic carbocycles. The van der Waals surface area contributed by atoms with Gasteiger partial charge in [0.25, 0.3) is 0 Å². The van der Waals surface area contributed by atoms with Gasteiger partial charge in [0, 0.05) is 24.7 Å². The number of halogens is 1. The average Bonchev–Trinajstić information content (AvgIpc) is 3.10. The minimum absolute atomic E-state index is 0.